The van der Waals surface area contributed by atoms with Crippen molar-refractivity contribution in [3.05, 3.63) is 0 Å². The van der Waals surface area contributed by atoms with Gasteiger partial charge in [-0.1, -0.05) is 0 Å². The number of hydrogen-bond acceptors (Lipinski definition) is 2. The highest BCUT2D eigenvalue weighted by Gasteiger charge is 1.76. The third kappa shape index (κ3) is 10.6. The molecule has 0 spiro atoms. The van der Waals surface area contributed by atoms with Crippen molar-refractivity contribution in [2.75, 3.05) is 7.05 Å². The predicted octanol–water partition coefficient (Wildman–Crippen LogP) is 0.0458. The molecule has 0 bridgehead atoms. The van der Waals surface area contributed by atoms with E-state index in [1.165, 1.54) is 7.05 Å². The zero-order valence-electron chi connectivity index (χ0n) is 3.56. The monoisotopic (exact) mass is 92.1 g/mol. The maximum Gasteiger partial charge on any atom is 0.404 e. The largest absolute Gasteiger partial charge is 0.465 e. The SMILES string of the molecule is CNC(=O)O.N. The van der Waals surface area contributed by atoms with Crippen molar-refractivity contribution >= 4 is 6.09 Å². The summed E-state index contributed by atoms with van der Waals surface area (Å²) in [6.45, 7) is 0. The average Bonchev–Trinajstić information content (AvgIpc) is 1.38. The number of nitrogens with one attached hydrogen (secondary N) is 1. The van der Waals surface area contributed by atoms with E-state index in [9.17, 15) is 4.79 Å². The first-order valence-electron chi connectivity index (χ1n) is 1.18. The Balaban J connectivity index is 0. The average molecular weight is 92.1 g/mol. The van der Waals surface area contributed by atoms with E-state index in [-0.39, 0.29) is 6.15 Å². The Hall–Kier alpha value is -0.770. The minimum absolute atomic E-state index is 0. The number of amides is 1. The number of rotatable bonds is 0. The summed E-state index contributed by atoms with van der Waals surface area (Å²) in [4.78, 5) is 9.26. The van der Waals surface area contributed by atoms with Gasteiger partial charge in [-0.15, -0.1) is 0 Å². The molecule has 0 aromatic carbocycles. The van der Waals surface area contributed by atoms with Crippen molar-refractivity contribution in [2.24, 2.45) is 0 Å². The van der Waals surface area contributed by atoms with E-state index in [2.05, 4.69) is 0 Å². The van der Waals surface area contributed by atoms with Gasteiger partial charge in [0.05, 0.1) is 0 Å². The molecule has 1 amide bonds. The number of carboxylic acid groups (broad SMARTS) is 1. The molecule has 0 aliphatic carbocycles. The lowest BCUT2D eigenvalue weighted by Gasteiger charge is -1.78. The molecule has 0 heterocycles. The van der Waals surface area contributed by atoms with Gasteiger partial charge in [0, 0.05) is 7.05 Å². The molecule has 0 radical (unpaired) electrons. The summed E-state index contributed by atoms with van der Waals surface area (Å²) >= 11 is 0. The lowest BCUT2D eigenvalue weighted by atomic mass is 11.1. The van der Waals surface area contributed by atoms with Gasteiger partial charge >= 0.3 is 6.09 Å². The van der Waals surface area contributed by atoms with Crippen LogP contribution >= 0.6 is 0 Å². The van der Waals surface area contributed by atoms with Crippen molar-refractivity contribution in [3.8, 4) is 0 Å². The summed E-state index contributed by atoms with van der Waals surface area (Å²) in [5, 5.41) is 9.56. The molecule has 0 aromatic heterocycles. The highest BCUT2D eigenvalue weighted by Crippen LogP contribution is 1.45. The van der Waals surface area contributed by atoms with Crippen LogP contribution in [0.2, 0.25) is 0 Å². The highest BCUT2D eigenvalue weighted by molar-refractivity contribution is 5.63. The Bertz CT molecular complexity index is 44.8. The minimum Gasteiger partial charge on any atom is -0.465 e. The van der Waals surface area contributed by atoms with Crippen LogP contribution in [0.1, 0.15) is 0 Å². The van der Waals surface area contributed by atoms with Gasteiger partial charge < -0.3 is 16.6 Å². The molecule has 38 valence electrons. The summed E-state index contributed by atoms with van der Waals surface area (Å²) in [7, 11) is 1.35. The van der Waals surface area contributed by atoms with Crippen LogP contribution in [0, 0.1) is 0 Å². The van der Waals surface area contributed by atoms with E-state index >= 15 is 0 Å². The number of hydrogen-bond donors (Lipinski definition) is 3. The van der Waals surface area contributed by atoms with Gasteiger partial charge in [0.25, 0.3) is 0 Å². The molecule has 0 atom stereocenters. The van der Waals surface area contributed by atoms with Crippen molar-refractivity contribution < 1.29 is 9.90 Å². The van der Waals surface area contributed by atoms with Crippen LogP contribution in [0.15, 0.2) is 0 Å². The van der Waals surface area contributed by atoms with E-state index < -0.39 is 6.09 Å². The van der Waals surface area contributed by atoms with Crippen LogP contribution in [0.5, 0.6) is 0 Å². The Morgan fingerprint density at radius 1 is 1.83 bits per heavy atom. The van der Waals surface area contributed by atoms with Crippen molar-refractivity contribution in [1.82, 2.24) is 11.5 Å². The summed E-state index contributed by atoms with van der Waals surface area (Å²) in [6.07, 6.45) is -0.995. The van der Waals surface area contributed by atoms with Crippen LogP contribution in [0.3, 0.4) is 0 Å². The summed E-state index contributed by atoms with van der Waals surface area (Å²) in [6, 6.07) is 0. The first kappa shape index (κ1) is 8.97. The lowest BCUT2D eigenvalue weighted by Crippen LogP contribution is -2.13. The Morgan fingerprint density at radius 2 is 2.00 bits per heavy atom. The summed E-state index contributed by atoms with van der Waals surface area (Å²) < 4.78 is 0. The maximum atomic E-state index is 9.26. The Kier molecular flexibility index (Phi) is 6.32. The molecule has 0 aromatic rings. The van der Waals surface area contributed by atoms with Gasteiger partial charge in [-0.25, -0.2) is 4.79 Å². The third-order valence-electron chi connectivity index (χ3n) is 0.214. The molecule has 6 heavy (non-hydrogen) atoms. The first-order chi connectivity index (χ1) is 2.27. The van der Waals surface area contributed by atoms with E-state index in [1.807, 2.05) is 5.32 Å². The predicted molar refractivity (Wildman–Crippen MR) is 22.1 cm³/mol. The molecule has 0 saturated heterocycles. The van der Waals surface area contributed by atoms with E-state index in [0.717, 1.165) is 0 Å². The van der Waals surface area contributed by atoms with Crippen LogP contribution in [0.4, 0.5) is 4.79 Å². The van der Waals surface area contributed by atoms with Gasteiger partial charge in [0.15, 0.2) is 0 Å². The smallest absolute Gasteiger partial charge is 0.404 e. The highest BCUT2D eigenvalue weighted by atomic mass is 16.4. The number of carbonyl (C=O) groups is 1. The molecule has 0 rings (SSSR count). The third-order valence-corrected chi connectivity index (χ3v) is 0.214. The van der Waals surface area contributed by atoms with Crippen LogP contribution in [-0.2, 0) is 0 Å². The quantitative estimate of drug-likeness (QED) is 0.394. The van der Waals surface area contributed by atoms with Gasteiger partial charge in [-0.3, -0.25) is 0 Å². The molecule has 0 fully saturated rings. The second-order valence-corrected chi connectivity index (χ2v) is 0.555. The van der Waals surface area contributed by atoms with Crippen molar-refractivity contribution in [2.45, 2.75) is 0 Å². The molecule has 5 N–H and O–H groups in total. The van der Waals surface area contributed by atoms with Gasteiger partial charge in [-0.05, 0) is 0 Å². The molecule has 0 unspecified atom stereocenters. The maximum absolute atomic E-state index is 9.26. The first-order valence-corrected chi connectivity index (χ1v) is 1.18. The summed E-state index contributed by atoms with van der Waals surface area (Å²) in [5.74, 6) is 0. The summed E-state index contributed by atoms with van der Waals surface area (Å²) in [5.41, 5.74) is 0. The van der Waals surface area contributed by atoms with Gasteiger partial charge in [0.2, 0.25) is 0 Å². The van der Waals surface area contributed by atoms with E-state index in [4.69, 9.17) is 5.11 Å². The fourth-order valence-electron chi connectivity index (χ4n) is 0. The second kappa shape index (κ2) is 4.23. The topological polar surface area (TPSA) is 84.3 Å². The molecule has 4 nitrogen and oxygen atoms in total. The fourth-order valence-corrected chi connectivity index (χ4v) is 0. The zero-order valence-corrected chi connectivity index (χ0v) is 3.56. The minimum atomic E-state index is -0.995. The van der Waals surface area contributed by atoms with Crippen molar-refractivity contribution in [1.29, 1.82) is 0 Å². The molecule has 0 aliphatic heterocycles. The Labute approximate surface area is 35.7 Å². The van der Waals surface area contributed by atoms with Gasteiger partial charge in [-0.2, -0.15) is 0 Å². The molecule has 0 aliphatic rings. The molecule has 0 saturated carbocycles. The van der Waals surface area contributed by atoms with Crippen molar-refractivity contribution in [3.63, 3.8) is 0 Å². The molecular weight excluding hydrogens is 84.0 g/mol. The van der Waals surface area contributed by atoms with Crippen LogP contribution in [0.25, 0.3) is 0 Å². The van der Waals surface area contributed by atoms with E-state index in [0.29, 0.717) is 0 Å². The molecule has 4 heteroatoms. The van der Waals surface area contributed by atoms with Crippen LogP contribution < -0.4 is 11.5 Å². The van der Waals surface area contributed by atoms with Crippen LogP contribution in [-0.4, -0.2) is 18.2 Å². The van der Waals surface area contributed by atoms with Gasteiger partial charge in [0.1, 0.15) is 0 Å². The normalized spacial score (nSPS) is 5.50. The standard InChI is InChI=1S/C2H5NO2.H3N/c1-3-2(4)5;/h3H,1H3,(H,4,5);1H3. The molecular formula is C2H8N2O2. The zero-order chi connectivity index (χ0) is 4.28. The van der Waals surface area contributed by atoms with E-state index in [1.54, 1.807) is 0 Å². The fraction of sp³-hybridized carbons (Fsp3) is 0.500. The lowest BCUT2D eigenvalue weighted by molar-refractivity contribution is 0.197. The second-order valence-electron chi connectivity index (χ2n) is 0.555. The Morgan fingerprint density at radius 3 is 2.00 bits per heavy atom.